The Hall–Kier alpha value is -2.57. The Morgan fingerprint density at radius 2 is 2.00 bits per heavy atom. The molecule has 0 fully saturated rings. The van der Waals surface area contributed by atoms with Gasteiger partial charge in [-0.25, -0.2) is 4.79 Å². The van der Waals surface area contributed by atoms with Crippen LogP contribution in [0.15, 0.2) is 42.5 Å². The summed E-state index contributed by atoms with van der Waals surface area (Å²) >= 11 is 12.0. The molecule has 1 heterocycles. The quantitative estimate of drug-likeness (QED) is 0.645. The topological polar surface area (TPSA) is 84.1 Å². The van der Waals surface area contributed by atoms with Gasteiger partial charge in [-0.2, -0.15) is 5.10 Å². The van der Waals surface area contributed by atoms with Crippen molar-refractivity contribution in [3.8, 4) is 0 Å². The van der Waals surface area contributed by atoms with Crippen molar-refractivity contribution in [2.75, 3.05) is 6.61 Å². The molecule has 1 atom stereocenters. The van der Waals surface area contributed by atoms with Gasteiger partial charge in [0.05, 0.1) is 11.6 Å². The third-order valence-electron chi connectivity index (χ3n) is 3.80. The minimum absolute atomic E-state index is 0.141. The number of H-pyrrole nitrogens is 1. The fourth-order valence-electron chi connectivity index (χ4n) is 2.53. The maximum absolute atomic E-state index is 12.2. The van der Waals surface area contributed by atoms with Gasteiger partial charge in [-0.15, -0.1) is 0 Å². The molecule has 0 aliphatic rings. The molecular formula is C18H15Cl2N3O3. The molecule has 3 rings (SSSR count). The highest BCUT2D eigenvalue weighted by atomic mass is 35.5. The van der Waals surface area contributed by atoms with Crippen LogP contribution in [-0.4, -0.2) is 28.7 Å². The summed E-state index contributed by atoms with van der Waals surface area (Å²) in [5, 5.41) is 11.0. The molecule has 0 radical (unpaired) electrons. The summed E-state index contributed by atoms with van der Waals surface area (Å²) < 4.78 is 5.05. The zero-order valence-corrected chi connectivity index (χ0v) is 15.3. The number of fused-ring (bicyclic) bond motifs is 1. The van der Waals surface area contributed by atoms with E-state index < -0.39 is 18.5 Å². The molecule has 134 valence electrons. The molecule has 1 unspecified atom stereocenters. The Bertz CT molecular complexity index is 971. The summed E-state index contributed by atoms with van der Waals surface area (Å²) in [7, 11) is 0. The lowest BCUT2D eigenvalue weighted by Crippen LogP contribution is -2.31. The lowest BCUT2D eigenvalue weighted by molar-refractivity contribution is -0.124. The second-order valence-corrected chi connectivity index (χ2v) is 6.49. The number of hydrogen-bond donors (Lipinski definition) is 2. The number of halogens is 2. The molecule has 0 saturated carbocycles. The number of carbonyl (C=O) groups excluding carboxylic acids is 2. The predicted octanol–water partition coefficient (Wildman–Crippen LogP) is 3.90. The molecule has 1 aromatic heterocycles. The number of aromatic nitrogens is 2. The number of para-hydroxylation sites is 1. The zero-order valence-electron chi connectivity index (χ0n) is 13.8. The summed E-state index contributed by atoms with van der Waals surface area (Å²) in [5.41, 5.74) is 1.58. The Morgan fingerprint density at radius 1 is 1.23 bits per heavy atom. The number of hydrogen-bond acceptors (Lipinski definition) is 4. The molecule has 8 heteroatoms. The van der Waals surface area contributed by atoms with E-state index in [2.05, 4.69) is 15.5 Å². The van der Waals surface area contributed by atoms with E-state index in [4.69, 9.17) is 27.9 Å². The van der Waals surface area contributed by atoms with Crippen molar-refractivity contribution in [3.63, 3.8) is 0 Å². The largest absolute Gasteiger partial charge is 0.451 e. The number of benzene rings is 2. The average molecular weight is 392 g/mol. The van der Waals surface area contributed by atoms with Gasteiger partial charge in [0.2, 0.25) is 0 Å². The predicted molar refractivity (Wildman–Crippen MR) is 99.4 cm³/mol. The number of ether oxygens (including phenoxy) is 1. The molecule has 2 aromatic carbocycles. The smallest absolute Gasteiger partial charge is 0.359 e. The first-order valence-corrected chi connectivity index (χ1v) is 8.56. The first kappa shape index (κ1) is 18.2. The van der Waals surface area contributed by atoms with Gasteiger partial charge >= 0.3 is 5.97 Å². The van der Waals surface area contributed by atoms with Crippen LogP contribution in [0.4, 0.5) is 0 Å². The van der Waals surface area contributed by atoms with E-state index in [1.807, 2.05) is 6.07 Å². The van der Waals surface area contributed by atoms with Crippen LogP contribution in [0.3, 0.4) is 0 Å². The van der Waals surface area contributed by atoms with E-state index in [0.717, 1.165) is 5.52 Å². The van der Waals surface area contributed by atoms with Crippen molar-refractivity contribution in [1.29, 1.82) is 0 Å². The SMILES string of the molecule is CC(NC(=O)COC(=O)c1n[nH]c2ccccc12)c1ccc(Cl)cc1Cl. The Morgan fingerprint density at radius 3 is 2.77 bits per heavy atom. The summed E-state index contributed by atoms with van der Waals surface area (Å²) in [6.45, 7) is 1.35. The summed E-state index contributed by atoms with van der Waals surface area (Å²) in [6.07, 6.45) is 0. The molecule has 0 bridgehead atoms. The molecule has 1 amide bonds. The molecule has 26 heavy (non-hydrogen) atoms. The van der Waals surface area contributed by atoms with Crippen LogP contribution in [0.5, 0.6) is 0 Å². The van der Waals surface area contributed by atoms with Crippen molar-refractivity contribution in [2.45, 2.75) is 13.0 Å². The second-order valence-electron chi connectivity index (χ2n) is 5.65. The third kappa shape index (κ3) is 3.98. The number of nitrogens with zero attached hydrogens (tertiary/aromatic N) is 1. The van der Waals surface area contributed by atoms with Gasteiger partial charge in [-0.05, 0) is 30.7 Å². The first-order valence-electron chi connectivity index (χ1n) is 7.80. The molecule has 2 N–H and O–H groups in total. The number of amides is 1. The van der Waals surface area contributed by atoms with Gasteiger partial charge in [0.25, 0.3) is 5.91 Å². The van der Waals surface area contributed by atoms with Crippen LogP contribution >= 0.6 is 23.2 Å². The van der Waals surface area contributed by atoms with Gasteiger partial charge in [0.15, 0.2) is 12.3 Å². The van der Waals surface area contributed by atoms with E-state index >= 15 is 0 Å². The average Bonchev–Trinajstić information content (AvgIpc) is 3.03. The summed E-state index contributed by atoms with van der Waals surface area (Å²) in [4.78, 5) is 24.2. The van der Waals surface area contributed by atoms with E-state index in [-0.39, 0.29) is 11.7 Å². The fraction of sp³-hybridized carbons (Fsp3) is 0.167. The number of esters is 1. The van der Waals surface area contributed by atoms with Crippen molar-refractivity contribution in [2.24, 2.45) is 0 Å². The van der Waals surface area contributed by atoms with E-state index in [1.54, 1.807) is 43.3 Å². The molecule has 0 spiro atoms. The van der Waals surface area contributed by atoms with Gasteiger partial charge in [0.1, 0.15) is 0 Å². The Labute approximate surface area is 159 Å². The summed E-state index contributed by atoms with van der Waals surface area (Å²) in [5.74, 6) is -1.12. The number of nitrogens with one attached hydrogen (secondary N) is 2. The maximum Gasteiger partial charge on any atom is 0.359 e. The second kappa shape index (κ2) is 7.76. The standard InChI is InChI=1S/C18H15Cl2N3O3/c1-10(12-7-6-11(19)8-14(12)20)21-16(24)9-26-18(25)17-13-4-2-3-5-15(13)22-23-17/h2-8,10H,9H2,1H3,(H,21,24)(H,22,23). The minimum atomic E-state index is -0.672. The van der Waals surface area contributed by atoms with Gasteiger partial charge in [-0.1, -0.05) is 47.5 Å². The Balaban J connectivity index is 1.59. The molecule has 3 aromatic rings. The molecule has 0 aliphatic heterocycles. The highest BCUT2D eigenvalue weighted by molar-refractivity contribution is 6.35. The van der Waals surface area contributed by atoms with Crippen LogP contribution in [0.25, 0.3) is 10.9 Å². The number of carbonyl (C=O) groups is 2. The van der Waals surface area contributed by atoms with E-state index in [9.17, 15) is 9.59 Å². The lowest BCUT2D eigenvalue weighted by atomic mass is 10.1. The number of aromatic amines is 1. The monoisotopic (exact) mass is 391 g/mol. The fourth-order valence-corrected chi connectivity index (χ4v) is 3.10. The van der Waals surface area contributed by atoms with Gasteiger partial charge in [-0.3, -0.25) is 9.89 Å². The molecular weight excluding hydrogens is 377 g/mol. The van der Waals surface area contributed by atoms with Gasteiger partial charge < -0.3 is 10.1 Å². The van der Waals surface area contributed by atoms with Gasteiger partial charge in [0, 0.05) is 15.4 Å². The van der Waals surface area contributed by atoms with Crippen LogP contribution in [0.1, 0.15) is 29.0 Å². The Kier molecular flexibility index (Phi) is 5.44. The van der Waals surface area contributed by atoms with Crippen molar-refractivity contribution in [3.05, 3.63) is 63.8 Å². The van der Waals surface area contributed by atoms with Crippen molar-refractivity contribution in [1.82, 2.24) is 15.5 Å². The zero-order chi connectivity index (χ0) is 18.7. The summed E-state index contributed by atoms with van der Waals surface area (Å²) in [6, 6.07) is 11.8. The highest BCUT2D eigenvalue weighted by Gasteiger charge is 2.18. The van der Waals surface area contributed by atoms with Crippen LogP contribution in [-0.2, 0) is 9.53 Å². The molecule has 0 aliphatic carbocycles. The number of rotatable bonds is 5. The van der Waals surface area contributed by atoms with E-state index in [0.29, 0.717) is 21.0 Å². The van der Waals surface area contributed by atoms with Crippen LogP contribution < -0.4 is 5.32 Å². The maximum atomic E-state index is 12.2. The van der Waals surface area contributed by atoms with Crippen molar-refractivity contribution < 1.29 is 14.3 Å². The third-order valence-corrected chi connectivity index (χ3v) is 4.37. The lowest BCUT2D eigenvalue weighted by Gasteiger charge is -2.16. The van der Waals surface area contributed by atoms with E-state index in [1.165, 1.54) is 0 Å². The van der Waals surface area contributed by atoms with Crippen LogP contribution in [0, 0.1) is 0 Å². The molecule has 6 nitrogen and oxygen atoms in total. The highest BCUT2D eigenvalue weighted by Crippen LogP contribution is 2.26. The first-order chi connectivity index (χ1) is 12.5. The molecule has 0 saturated heterocycles. The van der Waals surface area contributed by atoms with Crippen molar-refractivity contribution >= 4 is 46.0 Å². The minimum Gasteiger partial charge on any atom is -0.451 e. The van der Waals surface area contributed by atoms with Crippen LogP contribution in [0.2, 0.25) is 10.0 Å². The normalized spacial score (nSPS) is 12.0.